The molecule has 0 radical (unpaired) electrons. The highest BCUT2D eigenvalue weighted by Gasteiger charge is 2.13. The second-order valence-electron chi connectivity index (χ2n) is 4.60. The molecule has 7 heteroatoms. The number of aromatic carboxylic acids is 1. The number of ether oxygens (including phenoxy) is 1. The van der Waals surface area contributed by atoms with Crippen molar-refractivity contribution in [2.24, 2.45) is 0 Å². The van der Waals surface area contributed by atoms with E-state index in [0.29, 0.717) is 24.5 Å². The van der Waals surface area contributed by atoms with Gasteiger partial charge in [0.15, 0.2) is 0 Å². The molecule has 0 bridgehead atoms. The number of carboxylic acids is 1. The van der Waals surface area contributed by atoms with Crippen LogP contribution in [0.15, 0.2) is 18.2 Å². The summed E-state index contributed by atoms with van der Waals surface area (Å²) >= 11 is 0. The number of methoxy groups -OCH3 is 1. The number of benzene rings is 1. The van der Waals surface area contributed by atoms with Crippen molar-refractivity contribution in [3.05, 3.63) is 29.6 Å². The Kier molecular flexibility index (Phi) is 4.54. The van der Waals surface area contributed by atoms with Gasteiger partial charge in [-0.15, -0.1) is 0 Å². The number of hydrogen-bond acceptors (Lipinski definition) is 4. The number of carbonyl (C=O) groups is 2. The average molecular weight is 291 g/mol. The van der Waals surface area contributed by atoms with E-state index in [0.717, 1.165) is 5.52 Å². The van der Waals surface area contributed by atoms with Crippen LogP contribution in [0.25, 0.3) is 11.0 Å². The number of amides is 1. The first-order valence-corrected chi connectivity index (χ1v) is 6.48. The number of rotatable bonds is 6. The van der Waals surface area contributed by atoms with Gasteiger partial charge in [0.05, 0.1) is 23.2 Å². The van der Waals surface area contributed by atoms with E-state index in [2.05, 4.69) is 10.3 Å². The Morgan fingerprint density at radius 2 is 2.19 bits per heavy atom. The lowest BCUT2D eigenvalue weighted by Gasteiger charge is -2.08. The largest absolute Gasteiger partial charge is 0.478 e. The zero-order valence-corrected chi connectivity index (χ0v) is 11.9. The highest BCUT2D eigenvalue weighted by Crippen LogP contribution is 2.17. The number of imidazole rings is 1. The minimum Gasteiger partial charge on any atom is -0.478 e. The van der Waals surface area contributed by atoms with Crippen LogP contribution in [0.5, 0.6) is 0 Å². The monoisotopic (exact) mass is 291 g/mol. The minimum absolute atomic E-state index is 0.137. The molecule has 1 amide bonds. The Morgan fingerprint density at radius 3 is 2.86 bits per heavy atom. The number of aromatic nitrogens is 2. The third-order valence-corrected chi connectivity index (χ3v) is 3.12. The van der Waals surface area contributed by atoms with Crippen LogP contribution in [0.1, 0.15) is 16.2 Å². The number of aryl methyl sites for hydroxylation is 1. The lowest BCUT2D eigenvalue weighted by atomic mass is 10.2. The molecule has 0 spiro atoms. The Labute approximate surface area is 121 Å². The summed E-state index contributed by atoms with van der Waals surface area (Å²) in [5, 5.41) is 11.7. The van der Waals surface area contributed by atoms with Gasteiger partial charge < -0.3 is 19.7 Å². The molecule has 0 unspecified atom stereocenters. The summed E-state index contributed by atoms with van der Waals surface area (Å²) in [6.07, 6.45) is 0. The molecule has 21 heavy (non-hydrogen) atoms. The van der Waals surface area contributed by atoms with E-state index in [1.807, 2.05) is 0 Å². The van der Waals surface area contributed by atoms with E-state index >= 15 is 0 Å². The Morgan fingerprint density at radius 1 is 1.43 bits per heavy atom. The summed E-state index contributed by atoms with van der Waals surface area (Å²) in [6.45, 7) is 2.82. The maximum Gasteiger partial charge on any atom is 0.335 e. The SMILES string of the molecule is COCCNC(=O)Cn1c(C)nc2cc(C(=O)O)ccc21. The summed E-state index contributed by atoms with van der Waals surface area (Å²) in [4.78, 5) is 27.1. The second kappa shape index (κ2) is 6.36. The van der Waals surface area contributed by atoms with Gasteiger partial charge in [-0.25, -0.2) is 9.78 Å². The minimum atomic E-state index is -0.999. The highest BCUT2D eigenvalue weighted by atomic mass is 16.5. The van der Waals surface area contributed by atoms with E-state index in [1.54, 1.807) is 24.7 Å². The standard InChI is InChI=1S/C14H17N3O4/c1-9-16-11-7-10(14(19)20)3-4-12(11)17(9)8-13(18)15-5-6-21-2/h3-4,7H,5-6,8H2,1-2H3,(H,15,18)(H,19,20). The normalized spacial score (nSPS) is 10.8. The molecule has 2 aromatic rings. The van der Waals surface area contributed by atoms with E-state index in [1.165, 1.54) is 12.1 Å². The molecule has 2 rings (SSSR count). The topological polar surface area (TPSA) is 93.5 Å². The molecule has 7 nitrogen and oxygen atoms in total. The van der Waals surface area contributed by atoms with Crippen LogP contribution in [0.2, 0.25) is 0 Å². The van der Waals surface area contributed by atoms with Crippen LogP contribution in [0.4, 0.5) is 0 Å². The van der Waals surface area contributed by atoms with Crippen LogP contribution >= 0.6 is 0 Å². The number of nitrogens with one attached hydrogen (secondary N) is 1. The van der Waals surface area contributed by atoms with Crippen LogP contribution in [-0.4, -0.2) is 46.8 Å². The van der Waals surface area contributed by atoms with Crippen molar-refractivity contribution in [2.45, 2.75) is 13.5 Å². The van der Waals surface area contributed by atoms with Crippen LogP contribution in [0.3, 0.4) is 0 Å². The molecule has 0 aliphatic heterocycles. The van der Waals surface area contributed by atoms with Crippen LogP contribution in [-0.2, 0) is 16.1 Å². The molecule has 0 aliphatic rings. The maximum atomic E-state index is 11.8. The molecule has 2 N–H and O–H groups in total. The first-order valence-electron chi connectivity index (χ1n) is 6.48. The zero-order valence-electron chi connectivity index (χ0n) is 11.9. The van der Waals surface area contributed by atoms with E-state index in [4.69, 9.17) is 9.84 Å². The molecule has 1 aromatic heterocycles. The van der Waals surface area contributed by atoms with Crippen molar-refractivity contribution in [2.75, 3.05) is 20.3 Å². The molecule has 0 atom stereocenters. The molecule has 0 saturated carbocycles. The van der Waals surface area contributed by atoms with Gasteiger partial charge in [-0.2, -0.15) is 0 Å². The summed E-state index contributed by atoms with van der Waals surface area (Å²) in [5.41, 5.74) is 1.48. The lowest BCUT2D eigenvalue weighted by molar-refractivity contribution is -0.121. The number of carboxylic acid groups (broad SMARTS) is 1. The molecule has 1 heterocycles. The van der Waals surface area contributed by atoms with Gasteiger partial charge >= 0.3 is 5.97 Å². The third-order valence-electron chi connectivity index (χ3n) is 3.12. The van der Waals surface area contributed by atoms with Crippen molar-refractivity contribution >= 4 is 22.9 Å². The molecule has 0 saturated heterocycles. The molecule has 0 aliphatic carbocycles. The first-order chi connectivity index (χ1) is 10.0. The third kappa shape index (κ3) is 3.38. The van der Waals surface area contributed by atoms with Crippen molar-refractivity contribution < 1.29 is 19.4 Å². The van der Waals surface area contributed by atoms with E-state index in [-0.39, 0.29) is 18.0 Å². The van der Waals surface area contributed by atoms with Gasteiger partial charge in [-0.3, -0.25) is 4.79 Å². The second-order valence-corrected chi connectivity index (χ2v) is 4.60. The van der Waals surface area contributed by atoms with Gasteiger partial charge in [0.25, 0.3) is 0 Å². The first kappa shape index (κ1) is 15.0. The zero-order chi connectivity index (χ0) is 15.4. The quantitative estimate of drug-likeness (QED) is 0.768. The molecular formula is C14H17N3O4. The van der Waals surface area contributed by atoms with E-state index in [9.17, 15) is 9.59 Å². The highest BCUT2D eigenvalue weighted by molar-refractivity contribution is 5.92. The van der Waals surface area contributed by atoms with Gasteiger partial charge in [-0.1, -0.05) is 0 Å². The fourth-order valence-corrected chi connectivity index (χ4v) is 2.07. The van der Waals surface area contributed by atoms with Gasteiger partial charge in [0.1, 0.15) is 12.4 Å². The summed E-state index contributed by atoms with van der Waals surface area (Å²) in [5.74, 6) is -0.479. The fourth-order valence-electron chi connectivity index (χ4n) is 2.07. The number of nitrogens with zero attached hydrogens (tertiary/aromatic N) is 2. The Hall–Kier alpha value is -2.41. The van der Waals surface area contributed by atoms with Gasteiger partial charge in [-0.05, 0) is 25.1 Å². The lowest BCUT2D eigenvalue weighted by Crippen LogP contribution is -2.30. The predicted molar refractivity (Wildman–Crippen MR) is 76.3 cm³/mol. The molecule has 112 valence electrons. The number of fused-ring (bicyclic) bond motifs is 1. The fraction of sp³-hybridized carbons (Fsp3) is 0.357. The van der Waals surface area contributed by atoms with Gasteiger partial charge in [0.2, 0.25) is 5.91 Å². The number of carbonyl (C=O) groups excluding carboxylic acids is 1. The van der Waals surface area contributed by atoms with Gasteiger partial charge in [0, 0.05) is 13.7 Å². The molecule has 0 fully saturated rings. The maximum absolute atomic E-state index is 11.8. The van der Waals surface area contributed by atoms with E-state index < -0.39 is 5.97 Å². The van der Waals surface area contributed by atoms with Crippen molar-refractivity contribution in [3.8, 4) is 0 Å². The predicted octanol–water partition coefficient (Wildman–Crippen LogP) is 0.806. The molecular weight excluding hydrogens is 274 g/mol. The summed E-state index contributed by atoms with van der Waals surface area (Å²) in [7, 11) is 1.57. The van der Waals surface area contributed by atoms with Crippen LogP contribution in [0, 0.1) is 6.92 Å². The van der Waals surface area contributed by atoms with Crippen molar-refractivity contribution in [1.82, 2.24) is 14.9 Å². The molecule has 1 aromatic carbocycles. The number of hydrogen-bond donors (Lipinski definition) is 2. The summed E-state index contributed by atoms with van der Waals surface area (Å²) in [6, 6.07) is 4.68. The Balaban J connectivity index is 2.22. The smallest absolute Gasteiger partial charge is 0.335 e. The summed E-state index contributed by atoms with van der Waals surface area (Å²) < 4.78 is 6.62. The average Bonchev–Trinajstić information content (AvgIpc) is 2.74. The van der Waals surface area contributed by atoms with Crippen LogP contribution < -0.4 is 5.32 Å². The van der Waals surface area contributed by atoms with Crippen molar-refractivity contribution in [1.29, 1.82) is 0 Å². The Bertz CT molecular complexity index is 678. The van der Waals surface area contributed by atoms with Crippen molar-refractivity contribution in [3.63, 3.8) is 0 Å².